The van der Waals surface area contributed by atoms with Crippen LogP contribution in [0.2, 0.25) is 0 Å². The number of ether oxygens (including phenoxy) is 5. The van der Waals surface area contributed by atoms with E-state index in [-0.39, 0.29) is 19.8 Å². The number of rotatable bonds is 24. The molecule has 28 nitrogen and oxygen atoms in total. The van der Waals surface area contributed by atoms with Crippen molar-refractivity contribution in [2.75, 3.05) is 398 Å². The Morgan fingerprint density at radius 1 is 0.333 bits per heavy atom. The van der Waals surface area contributed by atoms with Crippen LogP contribution < -0.4 is 76.9 Å². The minimum atomic E-state index is 0.188. The van der Waals surface area contributed by atoms with E-state index in [9.17, 15) is 15.3 Å². The zero-order chi connectivity index (χ0) is 80.9. The third-order valence-electron chi connectivity index (χ3n) is 25.5. The Kier molecular flexibility index (Phi) is 31.5. The van der Waals surface area contributed by atoms with Crippen molar-refractivity contribution in [2.45, 2.75) is 25.3 Å². The number of hydrogen-bond donors (Lipinski definition) is 8. The Morgan fingerprint density at radius 3 is 0.912 bits per heavy atom. The van der Waals surface area contributed by atoms with Crippen LogP contribution in [0.15, 0.2) is 91.0 Å². The molecule has 13 N–H and O–H groups in total. The fourth-order valence-corrected chi connectivity index (χ4v) is 17.4. The van der Waals surface area contributed by atoms with Gasteiger partial charge >= 0.3 is 0 Å². The zero-order valence-corrected chi connectivity index (χ0v) is 70.9. The van der Waals surface area contributed by atoms with E-state index in [1.807, 2.05) is 66.7 Å². The molecule has 5 saturated heterocycles. The van der Waals surface area contributed by atoms with Gasteiger partial charge < -0.3 is 115 Å². The van der Waals surface area contributed by atoms with E-state index in [0.717, 1.165) is 288 Å². The van der Waals surface area contributed by atoms with Gasteiger partial charge in [0.05, 0.1) is 196 Å². The standard InChI is InChI=1S/C18H31N4O3.C18H31N4O2.2C17H29N4O.C16H27N4O/c19-16-1-2-17-18(15-16)25-14-7-21(17)4-3-20-5-8-22(9-6-20,10-12-23)11-13-24;1-22(12-13-23)10-7-20(8-11-22)5-2-6-21-9-14-24-18-15-16(19)3-4-17(18)21;1-21(2,3)15-6-7-19(13-15)8-9-20-10-11-22-17-12-14(18)4-5-16(17)20;1-21(2)11-8-19(9-12-21)6-3-7-20-10-13-22-17-14-15(18)4-5-16(17)20;1-20(2)10-7-18(8-11-20)5-6-19-9-12-21-16-13-14(17)3-4-15(16)19/h1-2,15,23-24H,3-14,19H2;3-4,15,23H,2,5-14,19H2,1H3;4-5,12,15H,6-11,13,18H2,1-3H3;4-5,14H,3,6-13,18H2,1-2H3;3-4,13H,5-12,17H2,1-2H3/q5*+1. The number of aliphatic hydroxyl groups excluding tert-OH is 3. The number of nitrogens with two attached hydrogens (primary N) is 5. The number of likely N-dealkylation sites (N-methyl/N-ethyl adjacent to an activating group) is 4. The van der Waals surface area contributed by atoms with Crippen LogP contribution in [-0.4, -0.2) is 413 Å². The molecule has 1 atom stereocenters. The maximum Gasteiger partial charge on any atom is 0.144 e. The molecule has 10 aliphatic heterocycles. The molecule has 1 unspecified atom stereocenters. The average molecular weight is 1590 g/mol. The molecule has 15 rings (SSSR count). The third kappa shape index (κ3) is 25.5. The van der Waals surface area contributed by atoms with Crippen LogP contribution in [0.25, 0.3) is 0 Å². The normalized spacial score (nSPS) is 21.2. The second-order valence-corrected chi connectivity index (χ2v) is 35.7. The molecule has 0 spiro atoms. The van der Waals surface area contributed by atoms with Gasteiger partial charge in [0.2, 0.25) is 0 Å². The number of quaternary nitrogens is 5. The number of likely N-dealkylation sites (tertiary alicyclic amines) is 1. The van der Waals surface area contributed by atoms with Crippen molar-refractivity contribution in [1.82, 2.24) is 24.5 Å². The molecule has 5 aromatic rings. The van der Waals surface area contributed by atoms with Gasteiger partial charge in [0.15, 0.2) is 0 Å². The molecule has 28 heteroatoms. The molecule has 10 aliphatic rings. The van der Waals surface area contributed by atoms with Crippen LogP contribution in [0.1, 0.15) is 19.3 Å². The molecule has 5 aromatic carbocycles. The summed E-state index contributed by atoms with van der Waals surface area (Å²) in [6.07, 6.45) is 3.67. The van der Waals surface area contributed by atoms with Crippen molar-refractivity contribution in [3.63, 3.8) is 0 Å². The zero-order valence-electron chi connectivity index (χ0n) is 70.9. The lowest BCUT2D eigenvalue weighted by Gasteiger charge is -2.44. The number of anilines is 10. The van der Waals surface area contributed by atoms with Crippen molar-refractivity contribution in [3.05, 3.63) is 91.0 Å². The van der Waals surface area contributed by atoms with Gasteiger partial charge in [-0.25, -0.2) is 0 Å². The van der Waals surface area contributed by atoms with Crippen molar-refractivity contribution in [3.8, 4) is 28.7 Å². The van der Waals surface area contributed by atoms with Crippen molar-refractivity contribution in [1.29, 1.82) is 0 Å². The average Bonchev–Trinajstić information content (AvgIpc) is 1.04. The number of hydrogen-bond acceptors (Lipinski definition) is 23. The molecule has 634 valence electrons. The van der Waals surface area contributed by atoms with Crippen LogP contribution in [0.5, 0.6) is 28.7 Å². The monoisotopic (exact) mass is 1590 g/mol. The predicted octanol–water partition coefficient (Wildman–Crippen LogP) is 3.55. The fourth-order valence-electron chi connectivity index (χ4n) is 17.4. The Balaban J connectivity index is 0.000000141. The number of aliphatic hydroxyl groups is 3. The molecular weight excluding hydrogens is 1440 g/mol. The molecule has 0 aliphatic carbocycles. The summed E-state index contributed by atoms with van der Waals surface area (Å²) >= 11 is 0. The maximum atomic E-state index is 9.32. The van der Waals surface area contributed by atoms with Crippen molar-refractivity contribution in [2.24, 2.45) is 0 Å². The fraction of sp³-hybridized carbons (Fsp3) is 0.651. The second kappa shape index (κ2) is 41.1. The highest BCUT2D eigenvalue weighted by atomic mass is 16.5. The van der Waals surface area contributed by atoms with E-state index in [1.54, 1.807) is 0 Å². The molecule has 0 bridgehead atoms. The first-order valence-electron chi connectivity index (χ1n) is 42.7. The summed E-state index contributed by atoms with van der Waals surface area (Å²) < 4.78 is 33.8. The van der Waals surface area contributed by atoms with E-state index in [0.29, 0.717) is 6.61 Å². The summed E-state index contributed by atoms with van der Waals surface area (Å²) in [5.41, 5.74) is 38.9. The summed E-state index contributed by atoms with van der Waals surface area (Å²) in [5.74, 6) is 4.58. The number of piperazine rings is 4. The number of fused-ring (bicyclic) bond motifs is 5. The highest BCUT2D eigenvalue weighted by molar-refractivity contribution is 5.69. The number of nitrogen functional groups attached to an aromatic ring is 5. The number of benzene rings is 5. The van der Waals surface area contributed by atoms with E-state index in [1.165, 1.54) is 108 Å². The van der Waals surface area contributed by atoms with Gasteiger partial charge in [-0.2, -0.15) is 0 Å². The van der Waals surface area contributed by atoms with E-state index >= 15 is 0 Å². The van der Waals surface area contributed by atoms with E-state index in [2.05, 4.69) is 130 Å². The lowest BCUT2D eigenvalue weighted by molar-refractivity contribution is -0.932. The van der Waals surface area contributed by atoms with Gasteiger partial charge in [-0.1, -0.05) is 0 Å². The van der Waals surface area contributed by atoms with E-state index < -0.39 is 0 Å². The van der Waals surface area contributed by atoms with Crippen molar-refractivity contribution >= 4 is 56.9 Å². The van der Waals surface area contributed by atoms with Gasteiger partial charge in [0, 0.05) is 190 Å². The van der Waals surface area contributed by atoms with Gasteiger partial charge in [0.1, 0.15) is 87.5 Å². The van der Waals surface area contributed by atoms with Gasteiger partial charge in [0.25, 0.3) is 0 Å². The molecule has 114 heavy (non-hydrogen) atoms. The molecule has 0 amide bonds. The minimum absolute atomic E-state index is 0.188. The predicted molar refractivity (Wildman–Crippen MR) is 466 cm³/mol. The summed E-state index contributed by atoms with van der Waals surface area (Å²) in [4.78, 5) is 24.9. The SMILES string of the molecule is C[N+](C)(C)C1CCN(CCN2CCOc3cc(N)ccc32)C1.C[N+]1(C)CCN(CCCN2CCOc3cc(N)ccc32)CC1.C[N+]1(C)CCN(CCN2CCOc3cc(N)ccc32)CC1.C[N+]1(CCO)CCN(CCCN2CCOc3cc(N)ccc32)CC1.Nc1ccc2c(c1)OCCN2CCN1CC[N+](CCO)(CCO)CC1. The molecular formula is C86H147N20O8+5. The van der Waals surface area contributed by atoms with E-state index in [4.69, 9.17) is 52.4 Å². The quantitative estimate of drug-likeness (QED) is 0.0324. The van der Waals surface area contributed by atoms with Crippen LogP contribution in [0.4, 0.5) is 56.9 Å². The lowest BCUT2D eigenvalue weighted by Crippen LogP contribution is -2.62. The maximum absolute atomic E-state index is 9.32. The summed E-state index contributed by atoms with van der Waals surface area (Å²) in [6, 6.07) is 30.5. The molecule has 0 aromatic heterocycles. The highest BCUT2D eigenvalue weighted by Crippen LogP contribution is 2.38. The van der Waals surface area contributed by atoms with Crippen LogP contribution in [-0.2, 0) is 0 Å². The Labute approximate surface area is 682 Å². The molecule has 0 saturated carbocycles. The molecule has 10 heterocycles. The van der Waals surface area contributed by atoms with Crippen LogP contribution in [0.3, 0.4) is 0 Å². The first kappa shape index (κ1) is 87.4. The summed E-state index contributed by atoms with van der Waals surface area (Å²) in [5, 5.41) is 27.8. The van der Waals surface area contributed by atoms with Crippen molar-refractivity contribution < 1.29 is 61.4 Å². The summed E-state index contributed by atoms with van der Waals surface area (Å²) in [7, 11) is 18.5. The summed E-state index contributed by atoms with van der Waals surface area (Å²) in [6.45, 7) is 43.2. The van der Waals surface area contributed by atoms with Crippen LogP contribution >= 0.6 is 0 Å². The number of nitrogens with zero attached hydrogens (tertiary/aromatic N) is 15. The first-order chi connectivity index (χ1) is 54.7. The van der Waals surface area contributed by atoms with Gasteiger partial charge in [-0.15, -0.1) is 0 Å². The smallest absolute Gasteiger partial charge is 0.144 e. The Bertz CT molecular complexity index is 3730. The topological polar surface area (TPSA) is 269 Å². The highest BCUT2D eigenvalue weighted by Gasteiger charge is 2.36. The molecule has 0 radical (unpaired) electrons. The minimum Gasteiger partial charge on any atom is -0.489 e. The Morgan fingerprint density at radius 2 is 0.614 bits per heavy atom. The van der Waals surface area contributed by atoms with Crippen LogP contribution in [0, 0.1) is 0 Å². The second-order valence-electron chi connectivity index (χ2n) is 35.7. The first-order valence-corrected chi connectivity index (χ1v) is 42.7. The van der Waals surface area contributed by atoms with Gasteiger partial charge in [-0.05, 0) is 73.5 Å². The van der Waals surface area contributed by atoms with Gasteiger partial charge in [-0.3, -0.25) is 24.5 Å². The third-order valence-corrected chi connectivity index (χ3v) is 25.5. The lowest BCUT2D eigenvalue weighted by atomic mass is 10.2. The Hall–Kier alpha value is -7.42. The molecule has 5 fully saturated rings. The largest absolute Gasteiger partial charge is 0.489 e.